The van der Waals surface area contributed by atoms with E-state index in [4.69, 9.17) is 4.52 Å². The van der Waals surface area contributed by atoms with Crippen LogP contribution in [0.4, 0.5) is 5.13 Å². The monoisotopic (exact) mass is 301 g/mol. The van der Waals surface area contributed by atoms with Gasteiger partial charge in [0, 0.05) is 20.4 Å². The van der Waals surface area contributed by atoms with Crippen molar-refractivity contribution >= 4 is 16.5 Å². The van der Waals surface area contributed by atoms with Crippen molar-refractivity contribution < 1.29 is 4.52 Å². The van der Waals surface area contributed by atoms with Gasteiger partial charge in [-0.05, 0) is 5.56 Å². The Morgan fingerprint density at radius 2 is 2.00 bits per heavy atom. The highest BCUT2D eigenvalue weighted by Crippen LogP contribution is 2.22. The Bertz CT molecular complexity index is 709. The van der Waals surface area contributed by atoms with Gasteiger partial charge in [0.25, 0.3) is 0 Å². The largest absolute Gasteiger partial charge is 0.342 e. The summed E-state index contributed by atoms with van der Waals surface area (Å²) in [6, 6.07) is 10.2. The van der Waals surface area contributed by atoms with Gasteiger partial charge in [0.1, 0.15) is 5.01 Å². The third-order valence-corrected chi connectivity index (χ3v) is 3.97. The molecule has 21 heavy (non-hydrogen) atoms. The number of hydrogen-bond acceptors (Lipinski definition) is 7. The molecular weight excluding hydrogens is 286 g/mol. The van der Waals surface area contributed by atoms with E-state index in [0.29, 0.717) is 18.3 Å². The van der Waals surface area contributed by atoms with Crippen molar-refractivity contribution in [2.24, 2.45) is 0 Å². The summed E-state index contributed by atoms with van der Waals surface area (Å²) < 4.78 is 4.97. The zero-order valence-corrected chi connectivity index (χ0v) is 12.7. The first-order valence-corrected chi connectivity index (χ1v) is 7.39. The molecule has 0 saturated heterocycles. The number of hydrogen-bond donors (Lipinski definition) is 0. The molecule has 0 aliphatic heterocycles. The lowest BCUT2D eigenvalue weighted by molar-refractivity contribution is 0.387. The first-order valence-electron chi connectivity index (χ1n) is 6.57. The van der Waals surface area contributed by atoms with Crippen LogP contribution in [-0.2, 0) is 13.0 Å². The van der Waals surface area contributed by atoms with E-state index >= 15 is 0 Å². The lowest BCUT2D eigenvalue weighted by Crippen LogP contribution is -2.17. The van der Waals surface area contributed by atoms with Gasteiger partial charge in [0.05, 0.1) is 6.54 Å². The van der Waals surface area contributed by atoms with E-state index < -0.39 is 0 Å². The van der Waals surface area contributed by atoms with Crippen LogP contribution >= 0.6 is 11.3 Å². The molecule has 0 spiro atoms. The van der Waals surface area contributed by atoms with Crippen molar-refractivity contribution in [2.45, 2.75) is 19.9 Å². The molecule has 0 saturated carbocycles. The third-order valence-electron chi connectivity index (χ3n) is 2.93. The molecule has 0 atom stereocenters. The second kappa shape index (κ2) is 6.01. The van der Waals surface area contributed by atoms with E-state index in [9.17, 15) is 0 Å². The maximum Gasteiger partial charge on any atom is 0.223 e. The summed E-state index contributed by atoms with van der Waals surface area (Å²) in [5.74, 6) is 1.22. The fourth-order valence-electron chi connectivity index (χ4n) is 1.93. The highest BCUT2D eigenvalue weighted by molar-refractivity contribution is 7.15. The smallest absolute Gasteiger partial charge is 0.223 e. The van der Waals surface area contributed by atoms with Gasteiger partial charge in [0.15, 0.2) is 5.82 Å². The Labute approximate surface area is 126 Å². The van der Waals surface area contributed by atoms with Gasteiger partial charge in [-0.25, -0.2) is 0 Å². The predicted octanol–water partition coefficient (Wildman–Crippen LogP) is 2.46. The van der Waals surface area contributed by atoms with E-state index in [2.05, 4.69) is 32.5 Å². The van der Waals surface area contributed by atoms with Crippen LogP contribution in [0.2, 0.25) is 0 Å². The van der Waals surface area contributed by atoms with Gasteiger partial charge in [0.2, 0.25) is 11.0 Å². The normalized spacial score (nSPS) is 10.8. The molecule has 3 aromatic rings. The number of benzene rings is 1. The Morgan fingerprint density at radius 1 is 1.19 bits per heavy atom. The summed E-state index contributed by atoms with van der Waals surface area (Å²) in [4.78, 5) is 6.16. The molecule has 0 radical (unpaired) electrons. The first-order chi connectivity index (χ1) is 10.2. The molecule has 0 bridgehead atoms. The summed E-state index contributed by atoms with van der Waals surface area (Å²) in [5, 5.41) is 14.2. The van der Waals surface area contributed by atoms with Crippen LogP contribution in [0, 0.1) is 6.92 Å². The number of nitrogens with zero attached hydrogens (tertiary/aromatic N) is 5. The van der Waals surface area contributed by atoms with Crippen LogP contribution in [-0.4, -0.2) is 27.4 Å². The second-order valence-electron chi connectivity index (χ2n) is 4.73. The Morgan fingerprint density at radius 3 is 2.71 bits per heavy atom. The molecule has 0 unspecified atom stereocenters. The lowest BCUT2D eigenvalue weighted by atomic mass is 10.2. The quantitative estimate of drug-likeness (QED) is 0.721. The Kier molecular flexibility index (Phi) is 3.92. The second-order valence-corrected chi connectivity index (χ2v) is 5.77. The van der Waals surface area contributed by atoms with Gasteiger partial charge < -0.3 is 9.42 Å². The number of aromatic nitrogens is 4. The molecule has 0 fully saturated rings. The zero-order valence-electron chi connectivity index (χ0n) is 11.9. The minimum absolute atomic E-state index is 0.553. The Balaban J connectivity index is 1.66. The highest BCUT2D eigenvalue weighted by Gasteiger charge is 2.12. The van der Waals surface area contributed by atoms with Crippen molar-refractivity contribution in [2.75, 3.05) is 11.9 Å². The zero-order chi connectivity index (χ0) is 14.7. The van der Waals surface area contributed by atoms with Crippen LogP contribution in [0.15, 0.2) is 34.9 Å². The van der Waals surface area contributed by atoms with Crippen molar-refractivity contribution in [1.29, 1.82) is 0 Å². The van der Waals surface area contributed by atoms with Crippen molar-refractivity contribution in [3.05, 3.63) is 52.6 Å². The molecule has 2 aromatic heterocycles. The van der Waals surface area contributed by atoms with Crippen LogP contribution in [0.1, 0.15) is 22.3 Å². The van der Waals surface area contributed by atoms with Crippen LogP contribution in [0.5, 0.6) is 0 Å². The SMILES string of the molecule is Cc1nc(CN(C)c2nnc(Cc3ccccc3)s2)no1. The number of rotatable bonds is 5. The van der Waals surface area contributed by atoms with Gasteiger partial charge >= 0.3 is 0 Å². The number of anilines is 1. The van der Waals surface area contributed by atoms with E-state index in [1.54, 1.807) is 18.3 Å². The van der Waals surface area contributed by atoms with Crippen LogP contribution in [0.25, 0.3) is 0 Å². The van der Waals surface area contributed by atoms with Gasteiger partial charge in [-0.15, -0.1) is 10.2 Å². The summed E-state index contributed by atoms with van der Waals surface area (Å²) in [7, 11) is 1.94. The Hall–Kier alpha value is -2.28. The molecule has 6 nitrogen and oxygen atoms in total. The minimum atomic E-state index is 0.553. The van der Waals surface area contributed by atoms with Crippen LogP contribution < -0.4 is 4.90 Å². The summed E-state index contributed by atoms with van der Waals surface area (Å²) in [5.41, 5.74) is 1.23. The predicted molar refractivity (Wildman–Crippen MR) is 80.3 cm³/mol. The summed E-state index contributed by atoms with van der Waals surface area (Å²) in [6.45, 7) is 2.33. The fraction of sp³-hybridized carbons (Fsp3) is 0.286. The summed E-state index contributed by atoms with van der Waals surface area (Å²) >= 11 is 1.58. The molecular formula is C14H15N5OS. The molecule has 7 heteroatoms. The maximum atomic E-state index is 4.97. The van der Waals surface area contributed by atoms with Crippen molar-refractivity contribution in [3.8, 4) is 0 Å². The van der Waals surface area contributed by atoms with E-state index in [0.717, 1.165) is 16.6 Å². The van der Waals surface area contributed by atoms with E-state index in [1.807, 2.05) is 30.1 Å². The molecule has 2 heterocycles. The average Bonchev–Trinajstić information content (AvgIpc) is 3.09. The van der Waals surface area contributed by atoms with Gasteiger partial charge in [-0.2, -0.15) is 4.98 Å². The van der Waals surface area contributed by atoms with Crippen molar-refractivity contribution in [3.63, 3.8) is 0 Å². The lowest BCUT2D eigenvalue weighted by Gasteiger charge is -2.11. The van der Waals surface area contributed by atoms with Crippen LogP contribution in [0.3, 0.4) is 0 Å². The van der Waals surface area contributed by atoms with E-state index in [-0.39, 0.29) is 0 Å². The topological polar surface area (TPSA) is 67.9 Å². The maximum absolute atomic E-state index is 4.97. The first kappa shape index (κ1) is 13.7. The summed E-state index contributed by atoms with van der Waals surface area (Å²) in [6.07, 6.45) is 0.799. The van der Waals surface area contributed by atoms with Gasteiger partial charge in [-0.3, -0.25) is 0 Å². The highest BCUT2D eigenvalue weighted by atomic mass is 32.1. The van der Waals surface area contributed by atoms with Crippen molar-refractivity contribution in [1.82, 2.24) is 20.3 Å². The molecule has 0 aliphatic rings. The standard InChI is InChI=1S/C14H15N5OS/c1-10-15-12(18-20-10)9-19(2)14-17-16-13(21-14)8-11-6-4-3-5-7-11/h3-7H,8-9H2,1-2H3. The average molecular weight is 301 g/mol. The molecule has 0 aliphatic carbocycles. The molecule has 108 valence electrons. The molecule has 1 aromatic carbocycles. The molecule has 0 amide bonds. The minimum Gasteiger partial charge on any atom is -0.342 e. The van der Waals surface area contributed by atoms with E-state index in [1.165, 1.54) is 5.56 Å². The molecule has 3 rings (SSSR count). The number of aryl methyl sites for hydroxylation is 1. The van der Waals surface area contributed by atoms with Gasteiger partial charge in [-0.1, -0.05) is 46.8 Å². The fourth-order valence-corrected chi connectivity index (χ4v) is 2.76. The third kappa shape index (κ3) is 3.43. The molecule has 0 N–H and O–H groups in total.